The van der Waals surface area contributed by atoms with Crippen molar-refractivity contribution in [3.8, 4) is 0 Å². The molecule has 0 saturated heterocycles. The number of hydrogen-bond acceptors (Lipinski definition) is 4. The lowest BCUT2D eigenvalue weighted by Gasteiger charge is -2.20. The molecule has 0 radical (unpaired) electrons. The number of methoxy groups -OCH3 is 1. The lowest BCUT2D eigenvalue weighted by molar-refractivity contribution is 0.0141. The van der Waals surface area contributed by atoms with Crippen LogP contribution in [-0.2, 0) is 16.0 Å². The van der Waals surface area contributed by atoms with Crippen LogP contribution in [0.1, 0.15) is 25.1 Å². The predicted molar refractivity (Wildman–Crippen MR) is 79.7 cm³/mol. The first-order valence-electron chi connectivity index (χ1n) is 6.89. The van der Waals surface area contributed by atoms with Crippen molar-refractivity contribution in [1.29, 1.82) is 0 Å². The highest BCUT2D eigenvalue weighted by molar-refractivity contribution is 9.10. The van der Waals surface area contributed by atoms with E-state index >= 15 is 0 Å². The predicted octanol–water partition coefficient (Wildman–Crippen LogP) is 2.61. The molecule has 5 nitrogen and oxygen atoms in total. The monoisotopic (exact) mass is 369 g/mol. The van der Waals surface area contributed by atoms with Crippen LogP contribution < -0.4 is 5.32 Å². The zero-order valence-electron chi connectivity index (χ0n) is 12.3. The zero-order valence-corrected chi connectivity index (χ0v) is 13.9. The number of alkyl halides is 2. The fraction of sp³-hybridized carbons (Fsp3) is 0.769. The molecule has 1 aromatic heterocycles. The molecule has 0 aliphatic heterocycles. The number of nitrogens with one attached hydrogen (secondary N) is 1. The summed E-state index contributed by atoms with van der Waals surface area (Å²) in [5.74, 6) is 0. The molecule has 1 atom stereocenters. The van der Waals surface area contributed by atoms with Crippen molar-refractivity contribution >= 4 is 15.9 Å². The summed E-state index contributed by atoms with van der Waals surface area (Å²) in [5.41, 5.74) is 0.981. The van der Waals surface area contributed by atoms with Gasteiger partial charge in [-0.05, 0) is 28.9 Å². The number of ether oxygens (including phenoxy) is 2. The van der Waals surface area contributed by atoms with Gasteiger partial charge in [-0.2, -0.15) is 5.10 Å². The molecule has 0 fully saturated rings. The van der Waals surface area contributed by atoms with Crippen LogP contribution in [0.25, 0.3) is 0 Å². The Morgan fingerprint density at radius 1 is 1.43 bits per heavy atom. The summed E-state index contributed by atoms with van der Waals surface area (Å²) >= 11 is 3.49. The van der Waals surface area contributed by atoms with Gasteiger partial charge in [-0.3, -0.25) is 4.68 Å². The second-order valence-electron chi connectivity index (χ2n) is 4.46. The van der Waals surface area contributed by atoms with Crippen LogP contribution >= 0.6 is 15.9 Å². The smallest absolute Gasteiger partial charge is 0.261 e. The molecule has 1 rings (SSSR count). The fourth-order valence-corrected chi connectivity index (χ4v) is 2.60. The van der Waals surface area contributed by atoms with Crippen molar-refractivity contribution in [3.63, 3.8) is 0 Å². The van der Waals surface area contributed by atoms with Crippen molar-refractivity contribution in [2.24, 2.45) is 0 Å². The molecular formula is C13H22BrF2N3O2. The number of halogens is 3. The third kappa shape index (κ3) is 6.37. The SMILES string of the molecule is CCNC(CCOCC(F)F)c1c(Br)cnn1CCOC. The average Bonchev–Trinajstić information content (AvgIpc) is 2.81. The van der Waals surface area contributed by atoms with Crippen molar-refractivity contribution in [2.75, 3.05) is 33.5 Å². The van der Waals surface area contributed by atoms with E-state index in [0.29, 0.717) is 19.6 Å². The molecule has 1 aromatic rings. The van der Waals surface area contributed by atoms with Gasteiger partial charge in [0, 0.05) is 13.7 Å². The molecule has 0 aliphatic carbocycles. The topological polar surface area (TPSA) is 48.3 Å². The minimum atomic E-state index is -2.43. The van der Waals surface area contributed by atoms with Crippen LogP contribution in [0.2, 0.25) is 0 Å². The van der Waals surface area contributed by atoms with Gasteiger partial charge in [-0.25, -0.2) is 8.78 Å². The summed E-state index contributed by atoms with van der Waals surface area (Å²) in [6, 6.07) is -0.0126. The van der Waals surface area contributed by atoms with Crippen molar-refractivity contribution in [3.05, 3.63) is 16.4 Å². The standard InChI is InChI=1S/C13H22BrF2N3O2/c1-3-17-11(4-6-21-9-12(15)16)13-10(14)8-18-19(13)5-7-20-2/h8,11-12,17H,3-7,9H2,1-2H3. The molecular weight excluding hydrogens is 348 g/mol. The van der Waals surface area contributed by atoms with Crippen molar-refractivity contribution < 1.29 is 18.3 Å². The van der Waals surface area contributed by atoms with Crippen molar-refractivity contribution in [1.82, 2.24) is 15.1 Å². The van der Waals surface area contributed by atoms with E-state index in [1.807, 2.05) is 11.6 Å². The van der Waals surface area contributed by atoms with Gasteiger partial charge in [0.25, 0.3) is 6.43 Å². The molecule has 1 unspecified atom stereocenters. The lowest BCUT2D eigenvalue weighted by Crippen LogP contribution is -2.26. The molecule has 0 aliphatic rings. The molecule has 0 aromatic carbocycles. The summed E-state index contributed by atoms with van der Waals surface area (Å²) in [5, 5.41) is 7.63. The van der Waals surface area contributed by atoms with E-state index in [0.717, 1.165) is 16.7 Å². The first-order chi connectivity index (χ1) is 10.1. The summed E-state index contributed by atoms with van der Waals surface area (Å²) < 4.78 is 36.9. The minimum Gasteiger partial charge on any atom is -0.383 e. The summed E-state index contributed by atoms with van der Waals surface area (Å²) in [6.45, 7) is 3.70. The van der Waals surface area contributed by atoms with Crippen LogP contribution in [0.4, 0.5) is 8.78 Å². The molecule has 0 bridgehead atoms. The number of aromatic nitrogens is 2. The molecule has 0 spiro atoms. The highest BCUT2D eigenvalue weighted by atomic mass is 79.9. The Morgan fingerprint density at radius 2 is 2.19 bits per heavy atom. The second-order valence-corrected chi connectivity index (χ2v) is 5.31. The van der Waals surface area contributed by atoms with E-state index in [4.69, 9.17) is 9.47 Å². The Hall–Kier alpha value is -0.570. The maximum atomic E-state index is 12.1. The van der Waals surface area contributed by atoms with Crippen LogP contribution in [0.15, 0.2) is 10.7 Å². The third-order valence-corrected chi connectivity index (χ3v) is 3.53. The van der Waals surface area contributed by atoms with E-state index in [-0.39, 0.29) is 12.6 Å². The van der Waals surface area contributed by atoms with Crippen LogP contribution in [0.5, 0.6) is 0 Å². The van der Waals surface area contributed by atoms with E-state index < -0.39 is 13.0 Å². The van der Waals surface area contributed by atoms with E-state index in [2.05, 4.69) is 26.3 Å². The van der Waals surface area contributed by atoms with E-state index in [1.165, 1.54) is 0 Å². The second kappa shape index (κ2) is 10.2. The molecule has 122 valence electrons. The van der Waals surface area contributed by atoms with Crippen LogP contribution in [0.3, 0.4) is 0 Å². The first kappa shape index (κ1) is 18.5. The van der Waals surface area contributed by atoms with Crippen LogP contribution in [0, 0.1) is 0 Å². The Bertz CT molecular complexity index is 405. The van der Waals surface area contributed by atoms with Crippen LogP contribution in [-0.4, -0.2) is 49.7 Å². The fourth-order valence-electron chi connectivity index (χ4n) is 2.03. The Labute approximate surface area is 132 Å². The van der Waals surface area contributed by atoms with Crippen molar-refractivity contribution in [2.45, 2.75) is 32.4 Å². The van der Waals surface area contributed by atoms with Gasteiger partial charge in [-0.1, -0.05) is 6.92 Å². The highest BCUT2D eigenvalue weighted by Gasteiger charge is 2.19. The Kier molecular flexibility index (Phi) is 8.98. The Morgan fingerprint density at radius 3 is 2.81 bits per heavy atom. The molecule has 0 saturated carbocycles. The summed E-state index contributed by atoms with van der Waals surface area (Å²) in [4.78, 5) is 0. The van der Waals surface area contributed by atoms with E-state index in [9.17, 15) is 8.78 Å². The average molecular weight is 370 g/mol. The quantitative estimate of drug-likeness (QED) is 0.609. The first-order valence-corrected chi connectivity index (χ1v) is 7.68. The molecule has 1 N–H and O–H groups in total. The maximum Gasteiger partial charge on any atom is 0.261 e. The highest BCUT2D eigenvalue weighted by Crippen LogP contribution is 2.25. The number of hydrogen-bond donors (Lipinski definition) is 1. The maximum absolute atomic E-state index is 12.1. The van der Waals surface area contributed by atoms with E-state index in [1.54, 1.807) is 13.3 Å². The molecule has 0 amide bonds. The largest absolute Gasteiger partial charge is 0.383 e. The number of nitrogens with zero attached hydrogens (tertiary/aromatic N) is 2. The van der Waals surface area contributed by atoms with Gasteiger partial charge in [0.05, 0.1) is 35.6 Å². The van der Waals surface area contributed by atoms with Gasteiger partial charge in [0.2, 0.25) is 0 Å². The third-order valence-electron chi connectivity index (χ3n) is 2.92. The summed E-state index contributed by atoms with van der Waals surface area (Å²) in [6.07, 6.45) is -0.103. The lowest BCUT2D eigenvalue weighted by atomic mass is 10.1. The Balaban J connectivity index is 2.67. The normalized spacial score (nSPS) is 13.0. The molecule has 21 heavy (non-hydrogen) atoms. The molecule has 8 heteroatoms. The molecule has 1 heterocycles. The zero-order chi connectivity index (χ0) is 15.7. The van der Waals surface area contributed by atoms with Gasteiger partial charge in [0.15, 0.2) is 0 Å². The summed E-state index contributed by atoms with van der Waals surface area (Å²) in [7, 11) is 1.64. The minimum absolute atomic E-state index is 0.0126. The van der Waals surface area contributed by atoms with Gasteiger partial charge < -0.3 is 14.8 Å². The van der Waals surface area contributed by atoms with Gasteiger partial charge in [-0.15, -0.1) is 0 Å². The van der Waals surface area contributed by atoms with Gasteiger partial charge >= 0.3 is 0 Å². The van der Waals surface area contributed by atoms with Gasteiger partial charge in [0.1, 0.15) is 6.61 Å². The number of rotatable bonds is 11.